The van der Waals surface area contributed by atoms with E-state index in [0.29, 0.717) is 12.2 Å². The smallest absolute Gasteiger partial charge is 0.347 e. The number of esters is 1. The molecule has 0 aliphatic heterocycles. The van der Waals surface area contributed by atoms with Crippen molar-refractivity contribution in [1.82, 2.24) is 4.98 Å². The van der Waals surface area contributed by atoms with Crippen LogP contribution in [0.3, 0.4) is 0 Å². The topological polar surface area (TPSA) is 68.4 Å². The van der Waals surface area contributed by atoms with E-state index in [2.05, 4.69) is 4.98 Å². The Morgan fingerprint density at radius 3 is 2.50 bits per heavy atom. The number of nitrogens with one attached hydrogen (secondary N) is 1. The highest BCUT2D eigenvalue weighted by molar-refractivity contribution is 5.92. The van der Waals surface area contributed by atoms with E-state index in [1.54, 1.807) is 6.92 Å². The second kappa shape index (κ2) is 7.47. The van der Waals surface area contributed by atoms with Crippen LogP contribution in [-0.2, 0) is 11.2 Å². The lowest BCUT2D eigenvalue weighted by molar-refractivity contribution is 0.0513. The predicted molar refractivity (Wildman–Crippen MR) is 84.6 cm³/mol. The zero-order chi connectivity index (χ0) is 16.1. The van der Waals surface area contributed by atoms with Crippen LogP contribution in [0.5, 0.6) is 5.75 Å². The number of hydrogen-bond acceptors (Lipinski definition) is 4. The molecule has 1 saturated carbocycles. The maximum absolute atomic E-state index is 12.3. The van der Waals surface area contributed by atoms with E-state index in [4.69, 9.17) is 9.47 Å². The fourth-order valence-corrected chi connectivity index (χ4v) is 3.03. The summed E-state index contributed by atoms with van der Waals surface area (Å²) >= 11 is 0. The van der Waals surface area contributed by atoms with Gasteiger partial charge in [0.2, 0.25) is 0 Å². The quantitative estimate of drug-likeness (QED) is 0.849. The number of aromatic amines is 1. The molecule has 1 heterocycles. The standard InChI is InChI=1S/C17H25NO4/c1-4-13-11(3)18-16(19)14(17(20)21-5-2)15(13)22-12-9-7-6-8-10-12/h12H,4-10H2,1-3H3,(H,18,19). The van der Waals surface area contributed by atoms with Crippen molar-refractivity contribution in [3.8, 4) is 5.75 Å². The first-order chi connectivity index (χ1) is 10.6. The molecule has 0 aromatic carbocycles. The average molecular weight is 307 g/mol. The first kappa shape index (κ1) is 16.6. The molecule has 1 aliphatic rings. The van der Waals surface area contributed by atoms with E-state index in [1.165, 1.54) is 6.42 Å². The SMILES string of the molecule is CCOC(=O)c1c(OC2CCCCC2)c(CC)c(C)[nH]c1=O. The molecule has 122 valence electrons. The van der Waals surface area contributed by atoms with Crippen LogP contribution in [0.2, 0.25) is 0 Å². The van der Waals surface area contributed by atoms with Gasteiger partial charge >= 0.3 is 5.97 Å². The molecule has 5 nitrogen and oxygen atoms in total. The largest absolute Gasteiger partial charge is 0.489 e. The van der Waals surface area contributed by atoms with Crippen molar-refractivity contribution in [3.63, 3.8) is 0 Å². The number of aryl methyl sites for hydroxylation is 1. The zero-order valence-corrected chi connectivity index (χ0v) is 13.7. The molecule has 0 amide bonds. The molecule has 0 bridgehead atoms. The Bertz CT molecular complexity index is 585. The maximum atomic E-state index is 12.3. The molecular weight excluding hydrogens is 282 g/mol. The van der Waals surface area contributed by atoms with E-state index < -0.39 is 11.5 Å². The molecule has 0 unspecified atom stereocenters. The van der Waals surface area contributed by atoms with Crippen LogP contribution in [-0.4, -0.2) is 23.7 Å². The number of carbonyl (C=O) groups is 1. The van der Waals surface area contributed by atoms with Crippen LogP contribution in [0.4, 0.5) is 0 Å². The van der Waals surface area contributed by atoms with Crippen LogP contribution in [0.15, 0.2) is 4.79 Å². The Kier molecular flexibility index (Phi) is 5.63. The fourth-order valence-electron chi connectivity index (χ4n) is 3.03. The second-order valence-electron chi connectivity index (χ2n) is 5.71. The van der Waals surface area contributed by atoms with Crippen molar-refractivity contribution in [1.29, 1.82) is 0 Å². The Labute approximate surface area is 131 Å². The Balaban J connectivity index is 2.45. The molecule has 1 aromatic rings. The highest BCUT2D eigenvalue weighted by Gasteiger charge is 2.26. The summed E-state index contributed by atoms with van der Waals surface area (Å²) in [7, 11) is 0. The second-order valence-corrected chi connectivity index (χ2v) is 5.71. The van der Waals surface area contributed by atoms with Crippen molar-refractivity contribution >= 4 is 5.97 Å². The van der Waals surface area contributed by atoms with Gasteiger partial charge in [0.05, 0.1) is 12.7 Å². The molecule has 0 atom stereocenters. The summed E-state index contributed by atoms with van der Waals surface area (Å²) in [6.07, 6.45) is 6.19. The average Bonchev–Trinajstić information content (AvgIpc) is 2.48. The minimum atomic E-state index is -0.607. The van der Waals surface area contributed by atoms with Crippen LogP contribution >= 0.6 is 0 Å². The van der Waals surface area contributed by atoms with E-state index in [-0.39, 0.29) is 18.3 Å². The van der Waals surface area contributed by atoms with E-state index in [1.807, 2.05) is 13.8 Å². The summed E-state index contributed by atoms with van der Waals surface area (Å²) < 4.78 is 11.2. The normalized spacial score (nSPS) is 15.6. The monoisotopic (exact) mass is 307 g/mol. The third-order valence-electron chi connectivity index (χ3n) is 4.15. The molecule has 0 radical (unpaired) electrons. The minimum absolute atomic E-state index is 0.00914. The number of aromatic nitrogens is 1. The third kappa shape index (κ3) is 3.51. The third-order valence-corrected chi connectivity index (χ3v) is 4.15. The van der Waals surface area contributed by atoms with Gasteiger partial charge in [-0.15, -0.1) is 0 Å². The van der Waals surface area contributed by atoms with Gasteiger partial charge in [0.25, 0.3) is 5.56 Å². The van der Waals surface area contributed by atoms with E-state index >= 15 is 0 Å². The van der Waals surface area contributed by atoms with Crippen LogP contribution in [0, 0.1) is 6.92 Å². The molecule has 0 saturated heterocycles. The van der Waals surface area contributed by atoms with Crippen molar-refractivity contribution in [3.05, 3.63) is 27.2 Å². The maximum Gasteiger partial charge on any atom is 0.347 e. The summed E-state index contributed by atoms with van der Waals surface area (Å²) in [5.41, 5.74) is 1.22. The molecule has 1 aromatic heterocycles. The summed E-state index contributed by atoms with van der Waals surface area (Å²) in [4.78, 5) is 27.2. The summed E-state index contributed by atoms with van der Waals surface area (Å²) in [6.45, 7) is 5.78. The summed E-state index contributed by atoms with van der Waals surface area (Å²) in [5, 5.41) is 0. The van der Waals surface area contributed by atoms with Gasteiger partial charge in [-0.3, -0.25) is 4.79 Å². The lowest BCUT2D eigenvalue weighted by Gasteiger charge is -2.25. The number of carbonyl (C=O) groups excluding carboxylic acids is 1. The first-order valence-electron chi connectivity index (χ1n) is 8.18. The number of H-pyrrole nitrogens is 1. The molecule has 1 N–H and O–H groups in total. The minimum Gasteiger partial charge on any atom is -0.489 e. The van der Waals surface area contributed by atoms with Crippen molar-refractivity contribution in [2.45, 2.75) is 65.4 Å². The lowest BCUT2D eigenvalue weighted by Crippen LogP contribution is -2.27. The van der Waals surface area contributed by atoms with Gasteiger partial charge in [0.15, 0.2) is 5.56 Å². The number of pyridine rings is 1. The van der Waals surface area contributed by atoms with E-state index in [0.717, 1.165) is 36.9 Å². The van der Waals surface area contributed by atoms with E-state index in [9.17, 15) is 9.59 Å². The molecule has 0 spiro atoms. The first-order valence-corrected chi connectivity index (χ1v) is 8.18. The van der Waals surface area contributed by atoms with Gasteiger partial charge in [-0.2, -0.15) is 0 Å². The Morgan fingerprint density at radius 1 is 1.23 bits per heavy atom. The molecule has 1 fully saturated rings. The molecule has 5 heteroatoms. The Hall–Kier alpha value is -1.78. The fraction of sp³-hybridized carbons (Fsp3) is 0.647. The van der Waals surface area contributed by atoms with Crippen molar-refractivity contribution in [2.75, 3.05) is 6.61 Å². The van der Waals surface area contributed by atoms with Crippen molar-refractivity contribution in [2.24, 2.45) is 0 Å². The van der Waals surface area contributed by atoms with Gasteiger partial charge < -0.3 is 14.5 Å². The lowest BCUT2D eigenvalue weighted by atomic mass is 9.97. The molecule has 1 aliphatic carbocycles. The number of rotatable bonds is 5. The molecule has 22 heavy (non-hydrogen) atoms. The highest BCUT2D eigenvalue weighted by Crippen LogP contribution is 2.29. The number of hydrogen-bond donors (Lipinski definition) is 1. The van der Waals surface area contributed by atoms with Crippen LogP contribution in [0.25, 0.3) is 0 Å². The van der Waals surface area contributed by atoms with Gasteiger partial charge in [0.1, 0.15) is 5.75 Å². The van der Waals surface area contributed by atoms with Crippen LogP contribution < -0.4 is 10.3 Å². The van der Waals surface area contributed by atoms with Crippen molar-refractivity contribution < 1.29 is 14.3 Å². The van der Waals surface area contributed by atoms with Gasteiger partial charge in [0, 0.05) is 11.3 Å². The van der Waals surface area contributed by atoms with Crippen LogP contribution in [0.1, 0.15) is 67.6 Å². The Morgan fingerprint density at radius 2 is 1.91 bits per heavy atom. The summed E-state index contributed by atoms with van der Waals surface area (Å²) in [5.74, 6) is -0.182. The highest BCUT2D eigenvalue weighted by atomic mass is 16.5. The molecule has 2 rings (SSSR count). The summed E-state index contributed by atoms with van der Waals surface area (Å²) in [6, 6.07) is 0. The predicted octanol–water partition coefficient (Wildman–Crippen LogP) is 3.13. The van der Waals surface area contributed by atoms with Gasteiger partial charge in [-0.25, -0.2) is 4.79 Å². The van der Waals surface area contributed by atoms with Gasteiger partial charge in [-0.1, -0.05) is 13.3 Å². The zero-order valence-electron chi connectivity index (χ0n) is 13.7. The number of ether oxygens (including phenoxy) is 2. The van der Waals surface area contributed by atoms with Gasteiger partial charge in [-0.05, 0) is 46.0 Å². The molecular formula is C17H25NO4.